The molecule has 1 unspecified atom stereocenters. The molecule has 1 saturated heterocycles. The van der Waals surface area contributed by atoms with E-state index in [0.717, 1.165) is 29.2 Å². The maximum atomic E-state index is 4.76. The van der Waals surface area contributed by atoms with Gasteiger partial charge in [-0.3, -0.25) is 10.1 Å². The zero-order valence-electron chi connectivity index (χ0n) is 13.7. The van der Waals surface area contributed by atoms with Crippen molar-refractivity contribution in [2.24, 2.45) is 5.92 Å². The third-order valence-electron chi connectivity index (χ3n) is 4.43. The Bertz CT molecular complexity index is 619. The number of aryl methyl sites for hydroxylation is 1. The molecule has 1 fully saturated rings. The van der Waals surface area contributed by atoms with E-state index in [1.54, 1.807) is 6.20 Å². The van der Waals surface area contributed by atoms with Crippen LogP contribution in [0.25, 0.3) is 11.4 Å². The first kappa shape index (κ1) is 15.2. The highest BCUT2D eigenvalue weighted by atomic mass is 15.2. The lowest BCUT2D eigenvalue weighted by Crippen LogP contribution is -2.40. The van der Waals surface area contributed by atoms with Crippen LogP contribution in [0, 0.1) is 12.8 Å². The molecule has 1 aliphatic heterocycles. The minimum Gasteiger partial charge on any atom is -0.301 e. The van der Waals surface area contributed by atoms with Gasteiger partial charge in [0.2, 0.25) is 0 Å². The number of rotatable bonds is 4. The van der Waals surface area contributed by atoms with Crippen molar-refractivity contribution in [3.8, 4) is 11.4 Å². The molecule has 0 radical (unpaired) electrons. The van der Waals surface area contributed by atoms with E-state index < -0.39 is 0 Å². The summed E-state index contributed by atoms with van der Waals surface area (Å²) in [6, 6.07) is 2.64. The molecule has 1 aliphatic rings. The Labute approximate surface area is 132 Å². The highest BCUT2D eigenvalue weighted by Gasteiger charge is 2.22. The summed E-state index contributed by atoms with van der Waals surface area (Å²) in [5.41, 5.74) is 3.86. The fourth-order valence-electron chi connectivity index (χ4n) is 3.21. The lowest BCUT2D eigenvalue weighted by Gasteiger charge is -2.35. The second kappa shape index (κ2) is 6.57. The van der Waals surface area contributed by atoms with E-state index in [4.69, 9.17) is 4.98 Å². The Morgan fingerprint density at radius 2 is 2.18 bits per heavy atom. The zero-order chi connectivity index (χ0) is 15.5. The predicted molar refractivity (Wildman–Crippen MR) is 87.5 cm³/mol. The average Bonchev–Trinajstić information content (AvgIpc) is 2.94. The van der Waals surface area contributed by atoms with Gasteiger partial charge in [0, 0.05) is 24.5 Å². The van der Waals surface area contributed by atoms with E-state index in [9.17, 15) is 0 Å². The van der Waals surface area contributed by atoms with Crippen molar-refractivity contribution in [2.45, 2.75) is 46.1 Å². The topological polar surface area (TPSA) is 57.7 Å². The van der Waals surface area contributed by atoms with Gasteiger partial charge in [-0.1, -0.05) is 0 Å². The summed E-state index contributed by atoms with van der Waals surface area (Å²) < 4.78 is 0. The van der Waals surface area contributed by atoms with Gasteiger partial charge in [0.1, 0.15) is 11.4 Å². The Hall–Kier alpha value is -1.75. The molecule has 3 rings (SSSR count). The van der Waals surface area contributed by atoms with Gasteiger partial charge in [0.15, 0.2) is 0 Å². The number of hydrogen-bond donors (Lipinski definition) is 1. The Kier molecular flexibility index (Phi) is 4.52. The van der Waals surface area contributed by atoms with Crippen LogP contribution in [0.2, 0.25) is 0 Å². The van der Waals surface area contributed by atoms with Gasteiger partial charge in [-0.05, 0) is 58.6 Å². The fraction of sp³-hybridized carbons (Fsp3) is 0.588. The van der Waals surface area contributed by atoms with Crippen LogP contribution in [0.1, 0.15) is 38.1 Å². The van der Waals surface area contributed by atoms with Crippen LogP contribution in [0.5, 0.6) is 0 Å². The lowest BCUT2D eigenvalue weighted by atomic mass is 9.93. The Morgan fingerprint density at radius 1 is 1.32 bits per heavy atom. The SMILES string of the molecule is Cc1cc(-c2cncc(CC3CCCN(C(C)C)C3)n2)n[nH]1. The molecule has 2 aromatic rings. The number of likely N-dealkylation sites (tertiary alicyclic amines) is 1. The van der Waals surface area contributed by atoms with E-state index in [2.05, 4.69) is 33.9 Å². The number of nitrogens with one attached hydrogen (secondary N) is 1. The maximum absolute atomic E-state index is 4.76. The summed E-state index contributed by atoms with van der Waals surface area (Å²) in [6.07, 6.45) is 7.27. The molecule has 0 saturated carbocycles. The molecular formula is C17H25N5. The second-order valence-electron chi connectivity index (χ2n) is 6.63. The minimum absolute atomic E-state index is 0.632. The number of nitrogens with zero attached hydrogens (tertiary/aromatic N) is 4. The van der Waals surface area contributed by atoms with E-state index in [-0.39, 0.29) is 0 Å². The molecule has 1 N–H and O–H groups in total. The van der Waals surface area contributed by atoms with Crippen LogP contribution in [-0.4, -0.2) is 44.2 Å². The molecule has 3 heterocycles. The van der Waals surface area contributed by atoms with Gasteiger partial charge in [-0.2, -0.15) is 5.10 Å². The summed E-state index contributed by atoms with van der Waals surface area (Å²) >= 11 is 0. The first-order valence-electron chi connectivity index (χ1n) is 8.19. The highest BCUT2D eigenvalue weighted by molar-refractivity contribution is 5.52. The summed E-state index contributed by atoms with van der Waals surface area (Å²) in [6.45, 7) is 8.96. The predicted octanol–water partition coefficient (Wildman–Crippen LogP) is 2.84. The molecular weight excluding hydrogens is 274 g/mol. The fourth-order valence-corrected chi connectivity index (χ4v) is 3.21. The second-order valence-corrected chi connectivity index (χ2v) is 6.63. The molecule has 0 amide bonds. The molecule has 0 spiro atoms. The largest absolute Gasteiger partial charge is 0.301 e. The molecule has 118 valence electrons. The molecule has 22 heavy (non-hydrogen) atoms. The van der Waals surface area contributed by atoms with Crippen LogP contribution < -0.4 is 0 Å². The number of aromatic amines is 1. The third-order valence-corrected chi connectivity index (χ3v) is 4.43. The Morgan fingerprint density at radius 3 is 2.91 bits per heavy atom. The normalized spacial score (nSPS) is 19.7. The van der Waals surface area contributed by atoms with E-state index in [1.807, 2.05) is 19.2 Å². The number of aromatic nitrogens is 4. The molecule has 0 aromatic carbocycles. The van der Waals surface area contributed by atoms with Gasteiger partial charge in [-0.25, -0.2) is 4.98 Å². The molecule has 1 atom stereocenters. The smallest absolute Gasteiger partial charge is 0.112 e. The van der Waals surface area contributed by atoms with Crippen molar-refractivity contribution in [1.29, 1.82) is 0 Å². The van der Waals surface area contributed by atoms with Crippen LogP contribution in [-0.2, 0) is 6.42 Å². The van der Waals surface area contributed by atoms with Gasteiger partial charge in [-0.15, -0.1) is 0 Å². The van der Waals surface area contributed by atoms with Crippen molar-refractivity contribution in [1.82, 2.24) is 25.1 Å². The average molecular weight is 299 g/mol. The molecule has 5 heteroatoms. The molecule has 2 aromatic heterocycles. The van der Waals surface area contributed by atoms with Crippen LogP contribution in [0.3, 0.4) is 0 Å². The van der Waals surface area contributed by atoms with Crippen molar-refractivity contribution >= 4 is 0 Å². The maximum Gasteiger partial charge on any atom is 0.112 e. The van der Waals surface area contributed by atoms with Gasteiger partial charge in [0.05, 0.1) is 11.9 Å². The third kappa shape index (κ3) is 3.53. The lowest BCUT2D eigenvalue weighted by molar-refractivity contribution is 0.139. The van der Waals surface area contributed by atoms with Crippen LogP contribution >= 0.6 is 0 Å². The van der Waals surface area contributed by atoms with Crippen molar-refractivity contribution in [3.63, 3.8) is 0 Å². The summed E-state index contributed by atoms with van der Waals surface area (Å²) in [5.74, 6) is 0.682. The standard InChI is InChI=1S/C17H25N5/c1-12(2)22-6-4-5-14(11-22)8-15-9-18-10-17(19-15)16-7-13(3)20-21-16/h7,9-10,12,14H,4-6,8,11H2,1-3H3,(H,20,21). The summed E-state index contributed by atoms with van der Waals surface area (Å²) in [7, 11) is 0. The van der Waals surface area contributed by atoms with Crippen molar-refractivity contribution in [2.75, 3.05) is 13.1 Å². The van der Waals surface area contributed by atoms with E-state index in [0.29, 0.717) is 12.0 Å². The molecule has 5 nitrogen and oxygen atoms in total. The van der Waals surface area contributed by atoms with E-state index in [1.165, 1.54) is 25.9 Å². The highest BCUT2D eigenvalue weighted by Crippen LogP contribution is 2.22. The molecule has 0 aliphatic carbocycles. The minimum atomic E-state index is 0.632. The Balaban J connectivity index is 1.70. The number of piperidine rings is 1. The quantitative estimate of drug-likeness (QED) is 0.943. The van der Waals surface area contributed by atoms with Gasteiger partial charge < -0.3 is 4.90 Å². The zero-order valence-corrected chi connectivity index (χ0v) is 13.7. The first-order chi connectivity index (χ1) is 10.6. The summed E-state index contributed by atoms with van der Waals surface area (Å²) in [5, 5.41) is 7.24. The number of H-pyrrole nitrogens is 1. The van der Waals surface area contributed by atoms with Gasteiger partial charge in [0.25, 0.3) is 0 Å². The van der Waals surface area contributed by atoms with E-state index >= 15 is 0 Å². The molecule has 0 bridgehead atoms. The van der Waals surface area contributed by atoms with Crippen LogP contribution in [0.15, 0.2) is 18.5 Å². The van der Waals surface area contributed by atoms with Gasteiger partial charge >= 0.3 is 0 Å². The first-order valence-corrected chi connectivity index (χ1v) is 8.19. The van der Waals surface area contributed by atoms with Crippen LogP contribution in [0.4, 0.5) is 0 Å². The van der Waals surface area contributed by atoms with Crippen molar-refractivity contribution in [3.05, 3.63) is 29.8 Å². The van der Waals surface area contributed by atoms with Crippen molar-refractivity contribution < 1.29 is 0 Å². The number of hydrogen-bond acceptors (Lipinski definition) is 4. The summed E-state index contributed by atoms with van der Waals surface area (Å²) in [4.78, 5) is 11.7. The monoisotopic (exact) mass is 299 g/mol.